The zero-order chi connectivity index (χ0) is 14.7. The molecule has 2 rings (SSSR count). The van der Waals surface area contributed by atoms with Gasteiger partial charge in [0.15, 0.2) is 0 Å². The fourth-order valence-electron chi connectivity index (χ4n) is 2.13. The Hall–Kier alpha value is -1.28. The zero-order valence-electron chi connectivity index (χ0n) is 13.4. The summed E-state index contributed by atoms with van der Waals surface area (Å²) in [4.78, 5) is 3.32. The predicted molar refractivity (Wildman–Crippen MR) is 88.5 cm³/mol. The highest BCUT2D eigenvalue weighted by atomic mass is 14.8. The first-order valence-corrected chi connectivity index (χ1v) is 7.57. The van der Waals surface area contributed by atoms with Crippen molar-refractivity contribution in [2.24, 2.45) is 0 Å². The monoisotopic (exact) mass is 262 g/mol. The molecule has 108 valence electrons. The van der Waals surface area contributed by atoms with E-state index in [1.54, 1.807) is 0 Å². The topological polar surface area (TPSA) is 27.8 Å². The molecule has 1 aromatic rings. The summed E-state index contributed by atoms with van der Waals surface area (Å²) < 4.78 is 0. The third-order valence-electron chi connectivity index (χ3n) is 2.94. The van der Waals surface area contributed by atoms with Crippen LogP contribution in [0.3, 0.4) is 0 Å². The van der Waals surface area contributed by atoms with Crippen molar-refractivity contribution in [2.45, 2.75) is 48.0 Å². The number of aromatic nitrogens is 1. The molecular formula is C17H30N2. The molecule has 1 aliphatic heterocycles. The molecule has 1 aliphatic rings. The first-order valence-electron chi connectivity index (χ1n) is 7.57. The number of hydrogen-bond acceptors (Lipinski definition) is 1. The van der Waals surface area contributed by atoms with E-state index in [2.05, 4.69) is 48.6 Å². The number of aromatic amines is 1. The molecule has 2 nitrogen and oxygen atoms in total. The van der Waals surface area contributed by atoms with Gasteiger partial charge in [0, 0.05) is 28.9 Å². The van der Waals surface area contributed by atoms with E-state index in [4.69, 9.17) is 0 Å². The highest BCUT2D eigenvalue weighted by Gasteiger charge is 2.07. The van der Waals surface area contributed by atoms with Crippen LogP contribution in [0.15, 0.2) is 12.3 Å². The molecule has 1 aromatic heterocycles. The lowest BCUT2D eigenvalue weighted by molar-refractivity contribution is 0.738. The van der Waals surface area contributed by atoms with Crippen LogP contribution in [-0.4, -0.2) is 18.1 Å². The summed E-state index contributed by atoms with van der Waals surface area (Å²) in [5.74, 6) is 0. The van der Waals surface area contributed by atoms with Gasteiger partial charge in [-0.3, -0.25) is 0 Å². The highest BCUT2D eigenvalue weighted by Crippen LogP contribution is 2.14. The van der Waals surface area contributed by atoms with Gasteiger partial charge in [0.25, 0.3) is 0 Å². The van der Waals surface area contributed by atoms with Gasteiger partial charge in [-0.05, 0) is 32.4 Å². The molecule has 0 unspecified atom stereocenters. The number of hydrogen-bond donors (Lipinski definition) is 2. The maximum absolute atomic E-state index is 3.34. The summed E-state index contributed by atoms with van der Waals surface area (Å²) in [5, 5.41) is 5.91. The smallest absolute Gasteiger partial charge is 0.0413 e. The second-order valence-electron chi connectivity index (χ2n) is 3.79. The second-order valence-corrected chi connectivity index (χ2v) is 3.79. The maximum Gasteiger partial charge on any atom is 0.0413 e. The van der Waals surface area contributed by atoms with Gasteiger partial charge < -0.3 is 10.3 Å². The van der Waals surface area contributed by atoms with Crippen LogP contribution in [0.5, 0.6) is 0 Å². The minimum absolute atomic E-state index is 0.995. The maximum atomic E-state index is 3.34. The van der Waals surface area contributed by atoms with Crippen LogP contribution in [0.25, 0.3) is 17.7 Å². The number of H-pyrrole nitrogens is 1. The summed E-state index contributed by atoms with van der Waals surface area (Å²) >= 11 is 0. The van der Waals surface area contributed by atoms with Gasteiger partial charge in [-0.2, -0.15) is 0 Å². The highest BCUT2D eigenvalue weighted by molar-refractivity contribution is 5.67. The van der Waals surface area contributed by atoms with Crippen LogP contribution in [0.1, 0.15) is 53.5 Å². The van der Waals surface area contributed by atoms with Crippen molar-refractivity contribution in [1.29, 1.82) is 0 Å². The molecule has 2 N–H and O–H groups in total. The molecule has 0 saturated carbocycles. The van der Waals surface area contributed by atoms with E-state index in [9.17, 15) is 0 Å². The van der Waals surface area contributed by atoms with Gasteiger partial charge in [-0.1, -0.05) is 45.9 Å². The van der Waals surface area contributed by atoms with Gasteiger partial charge in [0.05, 0.1) is 0 Å². The summed E-state index contributed by atoms with van der Waals surface area (Å²) in [5.41, 5.74) is 2.83. The van der Waals surface area contributed by atoms with Crippen LogP contribution < -0.4 is 15.9 Å². The largest absolute Gasteiger partial charge is 0.361 e. The minimum atomic E-state index is 0.995. The van der Waals surface area contributed by atoms with E-state index in [1.165, 1.54) is 21.7 Å². The van der Waals surface area contributed by atoms with E-state index < -0.39 is 0 Å². The lowest BCUT2D eigenvalue weighted by Gasteiger charge is -2.12. The van der Waals surface area contributed by atoms with Gasteiger partial charge in [-0.25, -0.2) is 0 Å². The normalized spacial score (nSPS) is 16.0. The Kier molecular flexibility index (Phi) is 9.91. The third kappa shape index (κ3) is 4.71. The zero-order valence-corrected chi connectivity index (χ0v) is 13.4. The molecule has 2 heterocycles. The standard InChI is InChI=1S/C13H18N2.2C2H6/c1-3-11-12(9-15-13(11)4-2)10-5-7-14-8-6-10;2*1-2/h3-5,9,14-15H,6-8H2,1-2H3;2*1-2H3/b11-3-,13-4+;;. The second kappa shape index (κ2) is 10.6. The number of rotatable bonds is 1. The molecule has 0 amide bonds. The number of nitrogens with one attached hydrogen (secondary N) is 2. The van der Waals surface area contributed by atoms with Gasteiger partial charge >= 0.3 is 0 Å². The minimum Gasteiger partial charge on any atom is -0.361 e. The van der Waals surface area contributed by atoms with Crippen molar-refractivity contribution in [2.75, 3.05) is 13.1 Å². The first kappa shape index (κ1) is 17.7. The Bertz CT molecular complexity index is 478. The SMILES string of the molecule is C/C=c1/c(C2=CCNCC2)c[nH]/c1=C/C.CC.CC. The molecule has 0 radical (unpaired) electrons. The summed E-state index contributed by atoms with van der Waals surface area (Å²) in [6, 6.07) is 0. The van der Waals surface area contributed by atoms with Gasteiger partial charge in [-0.15, -0.1) is 0 Å². The average Bonchev–Trinajstić information content (AvgIpc) is 2.95. The molecule has 0 aliphatic carbocycles. The average molecular weight is 262 g/mol. The van der Waals surface area contributed by atoms with Crippen LogP contribution in [0, 0.1) is 0 Å². The molecular weight excluding hydrogens is 232 g/mol. The van der Waals surface area contributed by atoms with E-state index >= 15 is 0 Å². The van der Waals surface area contributed by atoms with Crippen molar-refractivity contribution < 1.29 is 0 Å². The van der Waals surface area contributed by atoms with E-state index in [1.807, 2.05) is 27.7 Å². The molecule has 19 heavy (non-hydrogen) atoms. The summed E-state index contributed by atoms with van der Waals surface area (Å²) in [6.07, 6.45) is 9.85. The van der Waals surface area contributed by atoms with E-state index in [0.29, 0.717) is 0 Å². The van der Waals surface area contributed by atoms with Crippen LogP contribution in [0.4, 0.5) is 0 Å². The fraction of sp³-hybridized carbons (Fsp3) is 0.529. The van der Waals surface area contributed by atoms with Crippen molar-refractivity contribution in [3.8, 4) is 0 Å². The lowest BCUT2D eigenvalue weighted by Crippen LogP contribution is -2.26. The molecule has 0 aromatic carbocycles. The van der Waals surface area contributed by atoms with Crippen molar-refractivity contribution in [1.82, 2.24) is 10.3 Å². The molecule has 2 heteroatoms. The van der Waals surface area contributed by atoms with Crippen molar-refractivity contribution in [3.05, 3.63) is 28.4 Å². The van der Waals surface area contributed by atoms with Crippen molar-refractivity contribution in [3.63, 3.8) is 0 Å². The Morgan fingerprint density at radius 3 is 2.21 bits per heavy atom. The fourth-order valence-corrected chi connectivity index (χ4v) is 2.13. The van der Waals surface area contributed by atoms with E-state index in [-0.39, 0.29) is 0 Å². The third-order valence-corrected chi connectivity index (χ3v) is 2.94. The van der Waals surface area contributed by atoms with Gasteiger partial charge in [0.1, 0.15) is 0 Å². The van der Waals surface area contributed by atoms with E-state index in [0.717, 1.165) is 19.5 Å². The lowest BCUT2D eigenvalue weighted by atomic mass is 10.0. The van der Waals surface area contributed by atoms with Crippen LogP contribution >= 0.6 is 0 Å². The molecule has 0 bridgehead atoms. The van der Waals surface area contributed by atoms with Gasteiger partial charge in [0.2, 0.25) is 0 Å². The quantitative estimate of drug-likeness (QED) is 0.800. The molecule has 0 fully saturated rings. The Morgan fingerprint density at radius 1 is 1.05 bits per heavy atom. The Labute approximate surface area is 118 Å². The summed E-state index contributed by atoms with van der Waals surface area (Å²) in [7, 11) is 0. The summed E-state index contributed by atoms with van der Waals surface area (Å²) in [6.45, 7) is 14.3. The Morgan fingerprint density at radius 2 is 1.74 bits per heavy atom. The predicted octanol–water partition coefficient (Wildman–Crippen LogP) is 3.04. The molecule has 0 saturated heterocycles. The molecule has 0 spiro atoms. The molecule has 0 atom stereocenters. The van der Waals surface area contributed by atoms with Crippen LogP contribution in [0.2, 0.25) is 0 Å². The Balaban J connectivity index is 0.000000741. The first-order chi connectivity index (χ1) is 9.36. The van der Waals surface area contributed by atoms with Crippen molar-refractivity contribution >= 4 is 17.7 Å². The van der Waals surface area contributed by atoms with Crippen LogP contribution in [-0.2, 0) is 0 Å².